The van der Waals surface area contributed by atoms with Crippen molar-refractivity contribution in [3.8, 4) is 5.75 Å². The first kappa shape index (κ1) is 19.1. The molecule has 158 valence electrons. The molecule has 3 N–H and O–H groups in total. The molecule has 4 amide bonds. The summed E-state index contributed by atoms with van der Waals surface area (Å²) in [5, 5.41) is 15.0. The maximum absolute atomic E-state index is 13.0. The molecule has 0 spiro atoms. The number of fused-ring (bicyclic) bond motifs is 2. The molecule has 9 nitrogen and oxygen atoms in total. The molecule has 3 aromatic rings. The van der Waals surface area contributed by atoms with Crippen LogP contribution < -0.4 is 15.4 Å². The normalized spacial score (nSPS) is 20.2. The van der Waals surface area contributed by atoms with E-state index in [9.17, 15) is 19.5 Å². The summed E-state index contributed by atoms with van der Waals surface area (Å²) in [4.78, 5) is 39.5. The summed E-state index contributed by atoms with van der Waals surface area (Å²) in [7, 11) is 1.52. The van der Waals surface area contributed by atoms with Crippen LogP contribution in [0, 0.1) is 0 Å². The van der Waals surface area contributed by atoms with Gasteiger partial charge in [-0.3, -0.25) is 14.9 Å². The summed E-state index contributed by atoms with van der Waals surface area (Å²) in [5.74, 6) is -0.0870. The third-order valence-corrected chi connectivity index (χ3v) is 5.75. The highest BCUT2D eigenvalue weighted by Gasteiger charge is 2.53. The third-order valence-electron chi connectivity index (χ3n) is 5.75. The van der Waals surface area contributed by atoms with Gasteiger partial charge in [0.1, 0.15) is 17.1 Å². The highest BCUT2D eigenvalue weighted by Crippen LogP contribution is 2.35. The maximum Gasteiger partial charge on any atom is 0.322 e. The van der Waals surface area contributed by atoms with Gasteiger partial charge in [-0.25, -0.2) is 4.79 Å². The zero-order valence-corrected chi connectivity index (χ0v) is 16.6. The van der Waals surface area contributed by atoms with Crippen LogP contribution in [0.1, 0.15) is 27.2 Å². The minimum absolute atomic E-state index is 0.104. The molecule has 2 aliphatic heterocycles. The van der Waals surface area contributed by atoms with Gasteiger partial charge in [-0.05, 0) is 41.5 Å². The van der Waals surface area contributed by atoms with E-state index in [0.29, 0.717) is 27.8 Å². The van der Waals surface area contributed by atoms with Crippen molar-refractivity contribution in [1.29, 1.82) is 0 Å². The number of benzene rings is 2. The quantitative estimate of drug-likeness (QED) is 0.539. The molecular formula is C22H19N3O6. The summed E-state index contributed by atoms with van der Waals surface area (Å²) < 4.78 is 11.1. The van der Waals surface area contributed by atoms with Gasteiger partial charge in [0.15, 0.2) is 5.54 Å². The Balaban J connectivity index is 1.54. The topological polar surface area (TPSA) is 121 Å². The summed E-state index contributed by atoms with van der Waals surface area (Å²) in [6, 6.07) is 11.4. The molecule has 2 aromatic carbocycles. The fraction of sp³-hybridized carbons (Fsp3) is 0.227. The van der Waals surface area contributed by atoms with Crippen molar-refractivity contribution >= 4 is 28.8 Å². The first-order chi connectivity index (χ1) is 14.9. The number of furan rings is 1. The lowest BCUT2D eigenvalue weighted by molar-refractivity contribution is -0.125. The predicted octanol–water partition coefficient (Wildman–Crippen LogP) is 1.62. The van der Waals surface area contributed by atoms with Crippen LogP contribution in [0.15, 0.2) is 46.9 Å². The first-order valence-corrected chi connectivity index (χ1v) is 9.67. The number of imide groups is 1. The van der Waals surface area contributed by atoms with Gasteiger partial charge in [-0.2, -0.15) is 0 Å². The summed E-state index contributed by atoms with van der Waals surface area (Å²) in [6.45, 7) is 0.0495. The molecule has 1 atom stereocenters. The molecule has 0 unspecified atom stereocenters. The number of aliphatic hydroxyl groups excluding tert-OH is 1. The Labute approximate surface area is 176 Å². The molecule has 9 heteroatoms. The molecule has 31 heavy (non-hydrogen) atoms. The van der Waals surface area contributed by atoms with E-state index in [0.717, 1.165) is 5.56 Å². The SMILES string of the molecule is COc1ccc2c(c1)C(=O)N(C[C@@]1(c3cc4cc(CO)ccc4o3)NC(=O)NC1=O)C2. The van der Waals surface area contributed by atoms with E-state index in [1.165, 1.54) is 12.0 Å². The van der Waals surface area contributed by atoms with Crippen molar-refractivity contribution in [1.82, 2.24) is 15.5 Å². The van der Waals surface area contributed by atoms with Gasteiger partial charge in [0.05, 0.1) is 20.3 Å². The van der Waals surface area contributed by atoms with E-state index < -0.39 is 17.5 Å². The zero-order chi connectivity index (χ0) is 21.8. The Morgan fingerprint density at radius 1 is 1.16 bits per heavy atom. The number of aliphatic hydroxyl groups is 1. The van der Waals surface area contributed by atoms with Crippen molar-refractivity contribution < 1.29 is 28.6 Å². The van der Waals surface area contributed by atoms with Crippen molar-refractivity contribution in [2.75, 3.05) is 13.7 Å². The van der Waals surface area contributed by atoms with Gasteiger partial charge in [-0.1, -0.05) is 12.1 Å². The minimum Gasteiger partial charge on any atom is -0.497 e. The predicted molar refractivity (Wildman–Crippen MR) is 108 cm³/mol. The van der Waals surface area contributed by atoms with Crippen LogP contribution in [-0.2, 0) is 23.5 Å². The molecule has 1 saturated heterocycles. The van der Waals surface area contributed by atoms with E-state index in [2.05, 4.69) is 10.6 Å². The van der Waals surface area contributed by atoms with Crippen molar-refractivity contribution in [2.45, 2.75) is 18.7 Å². The Morgan fingerprint density at radius 2 is 2.00 bits per heavy atom. The highest BCUT2D eigenvalue weighted by molar-refractivity contribution is 6.08. The van der Waals surface area contributed by atoms with Gasteiger partial charge in [0.25, 0.3) is 11.8 Å². The van der Waals surface area contributed by atoms with Crippen LogP contribution in [0.25, 0.3) is 11.0 Å². The first-order valence-electron chi connectivity index (χ1n) is 9.67. The number of carbonyl (C=O) groups is 3. The average Bonchev–Trinajstić information content (AvgIpc) is 3.41. The number of methoxy groups -OCH3 is 1. The number of ether oxygens (including phenoxy) is 1. The fourth-order valence-corrected chi connectivity index (χ4v) is 4.14. The third kappa shape index (κ3) is 2.93. The van der Waals surface area contributed by atoms with E-state index in [-0.39, 0.29) is 31.4 Å². The molecule has 5 rings (SSSR count). The molecular weight excluding hydrogens is 402 g/mol. The number of nitrogens with one attached hydrogen (secondary N) is 2. The summed E-state index contributed by atoms with van der Waals surface area (Å²) >= 11 is 0. The molecule has 0 radical (unpaired) electrons. The van der Waals surface area contributed by atoms with Crippen LogP contribution in [0.4, 0.5) is 4.79 Å². The lowest BCUT2D eigenvalue weighted by Gasteiger charge is -2.29. The van der Waals surface area contributed by atoms with Crippen molar-refractivity contribution in [3.05, 3.63) is 64.9 Å². The van der Waals surface area contributed by atoms with Gasteiger partial charge < -0.3 is 24.5 Å². The van der Waals surface area contributed by atoms with Gasteiger partial charge >= 0.3 is 6.03 Å². The van der Waals surface area contributed by atoms with E-state index in [4.69, 9.17) is 9.15 Å². The molecule has 1 aromatic heterocycles. The van der Waals surface area contributed by atoms with Gasteiger partial charge in [0.2, 0.25) is 0 Å². The monoisotopic (exact) mass is 421 g/mol. The molecule has 3 heterocycles. The minimum atomic E-state index is -1.57. The number of nitrogens with zero attached hydrogens (tertiary/aromatic N) is 1. The largest absolute Gasteiger partial charge is 0.497 e. The molecule has 1 fully saturated rings. The van der Waals surface area contributed by atoms with Gasteiger partial charge in [-0.15, -0.1) is 0 Å². The summed E-state index contributed by atoms with van der Waals surface area (Å²) in [5.41, 5.74) is 0.922. The smallest absolute Gasteiger partial charge is 0.322 e. The lowest BCUT2D eigenvalue weighted by atomic mass is 9.95. The Kier molecular flexibility index (Phi) is 4.23. The van der Waals surface area contributed by atoms with Crippen LogP contribution >= 0.6 is 0 Å². The van der Waals surface area contributed by atoms with E-state index >= 15 is 0 Å². The molecule has 0 bridgehead atoms. The second-order valence-corrected chi connectivity index (χ2v) is 7.64. The van der Waals surface area contributed by atoms with Gasteiger partial charge in [0, 0.05) is 17.5 Å². The Hall–Kier alpha value is -3.85. The summed E-state index contributed by atoms with van der Waals surface area (Å²) in [6.07, 6.45) is 0. The van der Waals surface area contributed by atoms with E-state index in [1.807, 2.05) is 6.07 Å². The van der Waals surface area contributed by atoms with Crippen LogP contribution in [0.2, 0.25) is 0 Å². The second kappa shape index (κ2) is 6.85. The van der Waals surface area contributed by atoms with Crippen LogP contribution in [0.3, 0.4) is 0 Å². The molecule has 0 saturated carbocycles. The Bertz CT molecular complexity index is 1250. The van der Waals surface area contributed by atoms with Crippen molar-refractivity contribution in [3.63, 3.8) is 0 Å². The number of hydrogen-bond acceptors (Lipinski definition) is 6. The van der Waals surface area contributed by atoms with Crippen LogP contribution in [-0.4, -0.2) is 41.5 Å². The molecule has 2 aliphatic rings. The second-order valence-electron chi connectivity index (χ2n) is 7.64. The number of rotatable bonds is 5. The Morgan fingerprint density at radius 3 is 2.71 bits per heavy atom. The zero-order valence-electron chi connectivity index (χ0n) is 16.6. The molecule has 0 aliphatic carbocycles. The number of carbonyl (C=O) groups excluding carboxylic acids is 3. The number of amides is 4. The standard InChI is InChI=1S/C22H19N3O6/c1-30-15-4-3-13-9-25(19(27)16(13)8-15)11-22(20(28)23-21(29)24-22)18-7-14-6-12(10-26)2-5-17(14)31-18/h2-8,26H,9-11H2,1H3,(H2,23,24,28,29)/t22-/m0/s1. The lowest BCUT2D eigenvalue weighted by Crippen LogP contribution is -2.52. The number of urea groups is 1. The van der Waals surface area contributed by atoms with Crippen molar-refractivity contribution in [2.24, 2.45) is 0 Å². The fourth-order valence-electron chi connectivity index (χ4n) is 4.14. The highest BCUT2D eigenvalue weighted by atomic mass is 16.5. The average molecular weight is 421 g/mol. The number of hydrogen-bond donors (Lipinski definition) is 3. The maximum atomic E-state index is 13.0. The van der Waals surface area contributed by atoms with Crippen LogP contribution in [0.5, 0.6) is 5.75 Å². The van der Waals surface area contributed by atoms with E-state index in [1.54, 1.807) is 36.4 Å².